The molecular formula is C17H26N2. The molecule has 1 aliphatic heterocycles. The van der Waals surface area contributed by atoms with E-state index < -0.39 is 0 Å². The molecule has 1 aliphatic carbocycles. The van der Waals surface area contributed by atoms with E-state index in [9.17, 15) is 0 Å². The Balaban J connectivity index is 1.67. The third-order valence-corrected chi connectivity index (χ3v) is 4.60. The largest absolute Gasteiger partial charge is 0.248 e. The summed E-state index contributed by atoms with van der Waals surface area (Å²) in [5, 5.41) is 2.41. The Morgan fingerprint density at radius 3 is 2.47 bits per heavy atom. The van der Waals surface area contributed by atoms with Gasteiger partial charge in [-0.1, -0.05) is 24.6 Å². The fraction of sp³-hybridized carbons (Fsp3) is 0.647. The van der Waals surface area contributed by atoms with E-state index in [1.54, 1.807) is 11.1 Å². The predicted molar refractivity (Wildman–Crippen MR) is 80.1 cm³/mol. The summed E-state index contributed by atoms with van der Waals surface area (Å²) in [4.78, 5) is 0. The number of hydrogen-bond acceptors (Lipinski definition) is 2. The van der Waals surface area contributed by atoms with Gasteiger partial charge < -0.3 is 0 Å². The molecule has 1 N–H and O–H groups in total. The minimum atomic E-state index is 0.435. The number of piperidine rings is 1. The zero-order valence-corrected chi connectivity index (χ0v) is 12.1. The van der Waals surface area contributed by atoms with Gasteiger partial charge in [-0.25, -0.2) is 10.4 Å². The van der Waals surface area contributed by atoms with Crippen LogP contribution in [0.5, 0.6) is 0 Å². The maximum atomic E-state index is 3.68. The van der Waals surface area contributed by atoms with E-state index in [0.717, 1.165) is 0 Å². The maximum absolute atomic E-state index is 3.68. The zero-order chi connectivity index (χ0) is 13.1. The second kappa shape index (κ2) is 6.06. The molecule has 0 spiro atoms. The molecule has 1 aromatic carbocycles. The summed E-state index contributed by atoms with van der Waals surface area (Å²) in [6.07, 6.45) is 9.36. The van der Waals surface area contributed by atoms with Crippen LogP contribution >= 0.6 is 0 Å². The van der Waals surface area contributed by atoms with Crippen molar-refractivity contribution in [3.8, 4) is 0 Å². The van der Waals surface area contributed by atoms with Crippen LogP contribution in [0.2, 0.25) is 0 Å². The summed E-state index contributed by atoms with van der Waals surface area (Å²) in [7, 11) is 0. The van der Waals surface area contributed by atoms with E-state index in [1.165, 1.54) is 63.6 Å². The van der Waals surface area contributed by atoms with Crippen molar-refractivity contribution in [2.45, 2.75) is 57.9 Å². The van der Waals surface area contributed by atoms with Crippen LogP contribution in [0.4, 0.5) is 0 Å². The summed E-state index contributed by atoms with van der Waals surface area (Å²) in [5.41, 5.74) is 8.30. The van der Waals surface area contributed by atoms with E-state index in [2.05, 4.69) is 35.6 Å². The monoisotopic (exact) mass is 258 g/mol. The molecule has 0 amide bonds. The first-order chi connectivity index (χ1) is 9.33. The van der Waals surface area contributed by atoms with Gasteiger partial charge in [-0.3, -0.25) is 0 Å². The topological polar surface area (TPSA) is 15.3 Å². The van der Waals surface area contributed by atoms with Crippen LogP contribution < -0.4 is 5.43 Å². The first kappa shape index (κ1) is 13.1. The van der Waals surface area contributed by atoms with Crippen LogP contribution in [0, 0.1) is 0 Å². The smallest absolute Gasteiger partial charge is 0.0436 e. The lowest BCUT2D eigenvalue weighted by molar-refractivity contribution is 0.133. The van der Waals surface area contributed by atoms with Gasteiger partial charge in [0.15, 0.2) is 0 Å². The van der Waals surface area contributed by atoms with E-state index in [0.29, 0.717) is 6.04 Å². The normalized spacial score (nSPS) is 21.9. The van der Waals surface area contributed by atoms with Crippen molar-refractivity contribution in [1.29, 1.82) is 0 Å². The third kappa shape index (κ3) is 3.18. The number of aryl methyl sites for hydroxylation is 2. The lowest BCUT2D eigenvalue weighted by Crippen LogP contribution is -2.42. The van der Waals surface area contributed by atoms with Gasteiger partial charge in [-0.2, -0.15) is 0 Å². The van der Waals surface area contributed by atoms with Crippen LogP contribution in [0.25, 0.3) is 0 Å². The SMILES string of the molecule is CC(NN1CCCCC1)c1ccc2c(c1)CCCC2. The average molecular weight is 258 g/mol. The van der Waals surface area contributed by atoms with Crippen molar-refractivity contribution < 1.29 is 0 Å². The molecule has 3 rings (SSSR count). The summed E-state index contributed by atoms with van der Waals surface area (Å²) in [5.74, 6) is 0. The van der Waals surface area contributed by atoms with E-state index in [-0.39, 0.29) is 0 Å². The fourth-order valence-corrected chi connectivity index (χ4v) is 3.39. The highest BCUT2D eigenvalue weighted by atomic mass is 15.5. The van der Waals surface area contributed by atoms with Gasteiger partial charge in [0.05, 0.1) is 0 Å². The van der Waals surface area contributed by atoms with Gasteiger partial charge in [0.2, 0.25) is 0 Å². The summed E-state index contributed by atoms with van der Waals surface area (Å²) < 4.78 is 0. The van der Waals surface area contributed by atoms with Crippen molar-refractivity contribution in [3.05, 3.63) is 34.9 Å². The number of hydrogen-bond donors (Lipinski definition) is 1. The second-order valence-corrected chi connectivity index (χ2v) is 6.13. The van der Waals surface area contributed by atoms with Crippen molar-refractivity contribution >= 4 is 0 Å². The molecule has 19 heavy (non-hydrogen) atoms. The molecule has 0 saturated carbocycles. The molecule has 0 bridgehead atoms. The quantitative estimate of drug-likeness (QED) is 0.891. The number of nitrogens with zero attached hydrogens (tertiary/aromatic N) is 1. The Labute approximate surface area is 117 Å². The molecule has 0 aromatic heterocycles. The van der Waals surface area contributed by atoms with Gasteiger partial charge in [-0.15, -0.1) is 0 Å². The molecule has 1 unspecified atom stereocenters. The molecule has 2 aliphatic rings. The van der Waals surface area contributed by atoms with Crippen LogP contribution in [0.1, 0.15) is 61.8 Å². The summed E-state index contributed by atoms with van der Waals surface area (Å²) >= 11 is 0. The predicted octanol–water partition coefficient (Wildman–Crippen LogP) is 3.62. The summed E-state index contributed by atoms with van der Waals surface area (Å²) in [6.45, 7) is 4.70. The molecule has 1 saturated heterocycles. The molecule has 1 aromatic rings. The first-order valence-corrected chi connectivity index (χ1v) is 7.96. The van der Waals surface area contributed by atoms with Crippen molar-refractivity contribution in [1.82, 2.24) is 10.4 Å². The number of nitrogens with one attached hydrogen (secondary N) is 1. The highest BCUT2D eigenvalue weighted by molar-refractivity contribution is 5.35. The average Bonchev–Trinajstić information content (AvgIpc) is 2.48. The Bertz CT molecular complexity index is 421. The first-order valence-electron chi connectivity index (χ1n) is 7.96. The molecule has 0 radical (unpaired) electrons. The standard InChI is InChI=1S/C17H26N2/c1-14(18-19-11-5-2-6-12-19)16-10-9-15-7-3-4-8-17(15)13-16/h9-10,13-14,18H,2-8,11-12H2,1H3. The van der Waals surface area contributed by atoms with Crippen molar-refractivity contribution in [2.24, 2.45) is 0 Å². The molecule has 1 fully saturated rings. The van der Waals surface area contributed by atoms with E-state index in [1.807, 2.05) is 0 Å². The van der Waals surface area contributed by atoms with Gasteiger partial charge in [0.25, 0.3) is 0 Å². The minimum absolute atomic E-state index is 0.435. The molecule has 2 nitrogen and oxygen atoms in total. The Kier molecular flexibility index (Phi) is 4.19. The van der Waals surface area contributed by atoms with E-state index >= 15 is 0 Å². The van der Waals surface area contributed by atoms with Gasteiger partial charge in [0.1, 0.15) is 0 Å². The lowest BCUT2D eigenvalue weighted by Gasteiger charge is -2.31. The number of hydrazine groups is 1. The number of benzene rings is 1. The molecule has 2 heteroatoms. The second-order valence-electron chi connectivity index (χ2n) is 6.13. The van der Waals surface area contributed by atoms with Crippen molar-refractivity contribution in [2.75, 3.05) is 13.1 Å². The number of rotatable bonds is 3. The third-order valence-electron chi connectivity index (χ3n) is 4.60. The van der Waals surface area contributed by atoms with Gasteiger partial charge >= 0.3 is 0 Å². The van der Waals surface area contributed by atoms with Gasteiger partial charge in [0, 0.05) is 19.1 Å². The summed E-state index contributed by atoms with van der Waals surface area (Å²) in [6, 6.07) is 7.56. The maximum Gasteiger partial charge on any atom is 0.0436 e. The Morgan fingerprint density at radius 2 is 1.68 bits per heavy atom. The Morgan fingerprint density at radius 1 is 0.947 bits per heavy atom. The lowest BCUT2D eigenvalue weighted by atomic mass is 9.89. The molecule has 104 valence electrons. The molecule has 1 atom stereocenters. The van der Waals surface area contributed by atoms with Crippen molar-refractivity contribution in [3.63, 3.8) is 0 Å². The Hall–Kier alpha value is -0.860. The highest BCUT2D eigenvalue weighted by Gasteiger charge is 2.15. The molecule has 1 heterocycles. The zero-order valence-electron chi connectivity index (χ0n) is 12.1. The van der Waals surface area contributed by atoms with Crippen LogP contribution in [0.15, 0.2) is 18.2 Å². The van der Waals surface area contributed by atoms with Gasteiger partial charge in [-0.05, 0) is 62.1 Å². The van der Waals surface area contributed by atoms with Crippen LogP contribution in [-0.2, 0) is 12.8 Å². The molecular weight excluding hydrogens is 232 g/mol. The van der Waals surface area contributed by atoms with Crippen LogP contribution in [0.3, 0.4) is 0 Å². The van der Waals surface area contributed by atoms with Crippen LogP contribution in [-0.4, -0.2) is 18.1 Å². The highest BCUT2D eigenvalue weighted by Crippen LogP contribution is 2.25. The van der Waals surface area contributed by atoms with E-state index in [4.69, 9.17) is 0 Å². The minimum Gasteiger partial charge on any atom is -0.248 e. The fourth-order valence-electron chi connectivity index (χ4n) is 3.39. The number of fused-ring (bicyclic) bond motifs is 1.